The van der Waals surface area contributed by atoms with Gasteiger partial charge in [-0.1, -0.05) is 24.8 Å². The molecule has 1 fully saturated rings. The van der Waals surface area contributed by atoms with Gasteiger partial charge < -0.3 is 15.0 Å². The van der Waals surface area contributed by atoms with E-state index < -0.39 is 12.1 Å². The molecule has 2 aromatic heterocycles. The number of hydrogen-bond donors (Lipinski definition) is 1. The van der Waals surface area contributed by atoms with Crippen molar-refractivity contribution in [1.82, 2.24) is 24.6 Å². The van der Waals surface area contributed by atoms with Crippen LogP contribution < -0.4 is 10.1 Å². The first kappa shape index (κ1) is 25.9. The Morgan fingerprint density at radius 1 is 1.05 bits per heavy atom. The number of alkyl halides is 3. The molecule has 0 radical (unpaired) electrons. The van der Waals surface area contributed by atoms with Crippen molar-refractivity contribution in [2.75, 3.05) is 18.4 Å². The first-order valence-electron chi connectivity index (χ1n) is 12.1. The molecule has 3 heterocycles. The number of likely N-dealkylation sites (tertiary alicyclic amines) is 1. The molecule has 200 valence electrons. The quantitative estimate of drug-likeness (QED) is 0.343. The molecule has 2 amide bonds. The molecular weight excluding hydrogens is 513 g/mol. The highest BCUT2D eigenvalue weighted by Gasteiger charge is 2.39. The summed E-state index contributed by atoms with van der Waals surface area (Å²) in [6.07, 6.45) is -1.45. The molecule has 39 heavy (non-hydrogen) atoms. The van der Waals surface area contributed by atoms with E-state index in [4.69, 9.17) is 9.84 Å². The Bertz CT molecular complexity index is 1520. The van der Waals surface area contributed by atoms with E-state index in [9.17, 15) is 22.8 Å². The summed E-state index contributed by atoms with van der Waals surface area (Å²) in [5, 5.41) is 6.74. The fraction of sp³-hybridized carbons (Fsp3) is 0.222. The summed E-state index contributed by atoms with van der Waals surface area (Å²) in [4.78, 5) is 33.9. The van der Waals surface area contributed by atoms with Crippen LogP contribution in [0.25, 0.3) is 22.3 Å². The molecule has 0 aliphatic carbocycles. The zero-order valence-electron chi connectivity index (χ0n) is 20.6. The van der Waals surface area contributed by atoms with Crippen LogP contribution >= 0.6 is 0 Å². The fourth-order valence-corrected chi connectivity index (χ4v) is 4.49. The number of anilines is 1. The number of nitrogens with one attached hydrogen (secondary N) is 1. The van der Waals surface area contributed by atoms with Crippen molar-refractivity contribution >= 4 is 28.7 Å². The lowest BCUT2D eigenvalue weighted by Crippen LogP contribution is -2.40. The average molecular weight is 537 g/mol. The molecule has 2 aromatic carbocycles. The molecule has 1 N–H and O–H groups in total. The first-order chi connectivity index (χ1) is 18.7. The predicted octanol–water partition coefficient (Wildman–Crippen LogP) is 5.14. The largest absolute Gasteiger partial charge is 0.471 e. The maximum absolute atomic E-state index is 13.1. The van der Waals surface area contributed by atoms with Gasteiger partial charge in [-0.25, -0.2) is 14.6 Å². The van der Waals surface area contributed by atoms with Crippen molar-refractivity contribution < 1.29 is 27.5 Å². The maximum Gasteiger partial charge on any atom is 0.471 e. The number of amides is 2. The second-order valence-electron chi connectivity index (χ2n) is 8.89. The van der Waals surface area contributed by atoms with Crippen LogP contribution in [0.1, 0.15) is 18.9 Å². The summed E-state index contributed by atoms with van der Waals surface area (Å²) in [6, 6.07) is 15.7. The summed E-state index contributed by atoms with van der Waals surface area (Å²) in [7, 11) is 0. The monoisotopic (exact) mass is 536 g/mol. The van der Waals surface area contributed by atoms with Gasteiger partial charge in [-0.2, -0.15) is 18.3 Å². The van der Waals surface area contributed by atoms with E-state index in [1.807, 2.05) is 23.5 Å². The highest BCUT2D eigenvalue weighted by molar-refractivity contribution is 6.05. The molecule has 5 rings (SSSR count). The second-order valence-corrected chi connectivity index (χ2v) is 8.89. The van der Waals surface area contributed by atoms with Crippen molar-refractivity contribution in [3.63, 3.8) is 0 Å². The summed E-state index contributed by atoms with van der Waals surface area (Å²) in [5.74, 6) is -1.52. The molecule has 1 saturated heterocycles. The van der Waals surface area contributed by atoms with E-state index in [0.29, 0.717) is 43.0 Å². The van der Waals surface area contributed by atoms with Gasteiger partial charge in [-0.05, 0) is 55.3 Å². The van der Waals surface area contributed by atoms with Gasteiger partial charge in [0.2, 0.25) is 5.91 Å². The molecule has 0 spiro atoms. The van der Waals surface area contributed by atoms with Crippen LogP contribution in [0.2, 0.25) is 0 Å². The number of hydrogen-bond acceptors (Lipinski definition) is 6. The highest BCUT2D eigenvalue weighted by atomic mass is 19.4. The molecule has 0 bridgehead atoms. The van der Waals surface area contributed by atoms with Crippen LogP contribution in [-0.4, -0.2) is 55.7 Å². The van der Waals surface area contributed by atoms with E-state index in [-0.39, 0.29) is 34.5 Å². The molecular formula is C27H23F3N6O3. The van der Waals surface area contributed by atoms with Crippen LogP contribution in [0.3, 0.4) is 0 Å². The minimum atomic E-state index is -5.11. The highest BCUT2D eigenvalue weighted by Crippen LogP contribution is 2.36. The third-order valence-electron chi connectivity index (χ3n) is 6.31. The molecule has 1 aliphatic heterocycles. The van der Waals surface area contributed by atoms with Crippen molar-refractivity contribution in [3.8, 4) is 22.8 Å². The predicted molar refractivity (Wildman–Crippen MR) is 137 cm³/mol. The molecule has 4 aromatic rings. The normalized spacial score (nSPS) is 15.7. The Kier molecular flexibility index (Phi) is 7.01. The first-order valence-corrected chi connectivity index (χ1v) is 12.1. The lowest BCUT2D eigenvalue weighted by atomic mass is 10.1. The van der Waals surface area contributed by atoms with E-state index in [1.165, 1.54) is 6.08 Å². The van der Waals surface area contributed by atoms with Crippen molar-refractivity contribution in [2.24, 2.45) is 0 Å². The molecule has 0 unspecified atom stereocenters. The average Bonchev–Trinajstić information content (AvgIpc) is 3.34. The molecule has 9 nitrogen and oxygen atoms in total. The molecule has 0 saturated carbocycles. The molecule has 12 heteroatoms. The Labute approximate surface area is 220 Å². The minimum absolute atomic E-state index is 0.152. The number of carbonyl (C=O) groups is 2. The Hall–Kier alpha value is -4.74. The fourth-order valence-electron chi connectivity index (χ4n) is 4.49. The van der Waals surface area contributed by atoms with Crippen LogP contribution in [0.15, 0.2) is 73.6 Å². The lowest BCUT2D eigenvalue weighted by Gasteiger charge is -2.32. The van der Waals surface area contributed by atoms with Gasteiger partial charge >= 0.3 is 12.1 Å². The Balaban J connectivity index is 1.57. The summed E-state index contributed by atoms with van der Waals surface area (Å²) in [5.41, 5.74) is 1.06. The second kappa shape index (κ2) is 10.6. The number of fused-ring (bicyclic) bond motifs is 1. The third-order valence-corrected chi connectivity index (χ3v) is 6.31. The van der Waals surface area contributed by atoms with Crippen LogP contribution in [0.4, 0.5) is 19.0 Å². The summed E-state index contributed by atoms with van der Waals surface area (Å²) >= 11 is 0. The van der Waals surface area contributed by atoms with Crippen molar-refractivity contribution in [1.29, 1.82) is 0 Å². The zero-order chi connectivity index (χ0) is 27.6. The topological polar surface area (TPSA) is 102 Å². The summed E-state index contributed by atoms with van der Waals surface area (Å²) < 4.78 is 46.7. The van der Waals surface area contributed by atoms with E-state index in [1.54, 1.807) is 46.0 Å². The van der Waals surface area contributed by atoms with E-state index in [2.05, 4.69) is 16.5 Å². The number of aromatic nitrogens is 4. The minimum Gasteiger partial charge on any atom is -0.457 e. The number of ether oxygens (including phenoxy) is 1. The SMILES string of the molecule is C=CC(=O)N1CCC[C@@H](n2nc(-c3ccc(Oc4ccccc4)cc3)c3c(NC(=O)C(F)(F)F)ncnc32)C1. The number of para-hydroxylation sites is 1. The van der Waals surface area contributed by atoms with E-state index in [0.717, 1.165) is 6.33 Å². The van der Waals surface area contributed by atoms with Crippen molar-refractivity contribution in [3.05, 3.63) is 73.6 Å². The zero-order valence-corrected chi connectivity index (χ0v) is 20.6. The number of nitrogens with zero attached hydrogens (tertiary/aromatic N) is 5. The standard InChI is InChI=1S/C27H23F3N6O3/c1-2-21(37)35-14-6-7-18(15-35)36-25-22(24(31-16-32-25)33-26(38)27(28,29)30)23(34-36)17-10-12-20(13-11-17)39-19-8-4-3-5-9-19/h2-5,8-13,16,18H,1,6-7,14-15H2,(H,31,32,33,38)/t18-/m1/s1. The third kappa shape index (κ3) is 5.44. The van der Waals surface area contributed by atoms with Gasteiger partial charge in [0.05, 0.1) is 11.4 Å². The van der Waals surface area contributed by atoms with Gasteiger partial charge in [-0.3, -0.25) is 9.59 Å². The number of piperidine rings is 1. The Morgan fingerprint density at radius 3 is 2.46 bits per heavy atom. The van der Waals surface area contributed by atoms with Gasteiger partial charge in [0, 0.05) is 18.7 Å². The number of carbonyl (C=O) groups excluding carboxylic acids is 2. The molecule has 1 aliphatic rings. The smallest absolute Gasteiger partial charge is 0.457 e. The van der Waals surface area contributed by atoms with Gasteiger partial charge in [-0.15, -0.1) is 0 Å². The number of rotatable bonds is 6. The van der Waals surface area contributed by atoms with Crippen LogP contribution in [0.5, 0.6) is 11.5 Å². The van der Waals surface area contributed by atoms with Crippen LogP contribution in [-0.2, 0) is 9.59 Å². The van der Waals surface area contributed by atoms with Crippen molar-refractivity contribution in [2.45, 2.75) is 25.1 Å². The van der Waals surface area contributed by atoms with E-state index >= 15 is 0 Å². The molecule has 1 atom stereocenters. The Morgan fingerprint density at radius 2 is 1.77 bits per heavy atom. The summed E-state index contributed by atoms with van der Waals surface area (Å²) in [6.45, 7) is 4.42. The van der Waals surface area contributed by atoms with Crippen LogP contribution in [0, 0.1) is 0 Å². The number of benzene rings is 2. The lowest BCUT2D eigenvalue weighted by molar-refractivity contribution is -0.167. The van der Waals surface area contributed by atoms with Gasteiger partial charge in [0.1, 0.15) is 29.3 Å². The number of halogens is 3. The maximum atomic E-state index is 13.1. The van der Waals surface area contributed by atoms with Gasteiger partial charge in [0.15, 0.2) is 5.65 Å². The van der Waals surface area contributed by atoms with Gasteiger partial charge in [0.25, 0.3) is 0 Å².